The number of para-hydroxylation sites is 2. The number of ether oxygens (including phenoxy) is 1. The molecule has 11 nitrogen and oxygen atoms in total. The zero-order valence-corrected chi connectivity index (χ0v) is 20.6. The largest absolute Gasteiger partial charge is 0.494 e. The molecule has 1 saturated heterocycles. The van der Waals surface area contributed by atoms with Crippen LogP contribution in [0.15, 0.2) is 48.7 Å². The molecule has 0 unspecified atom stereocenters. The number of nitrogens with two attached hydrogens (primary N) is 2. The van der Waals surface area contributed by atoms with Gasteiger partial charge in [0.15, 0.2) is 5.82 Å². The van der Waals surface area contributed by atoms with Crippen molar-refractivity contribution in [3.8, 4) is 5.75 Å². The van der Waals surface area contributed by atoms with Gasteiger partial charge in [0, 0.05) is 30.9 Å². The van der Waals surface area contributed by atoms with E-state index in [1.54, 1.807) is 31.4 Å². The van der Waals surface area contributed by atoms with Gasteiger partial charge in [0.1, 0.15) is 10.8 Å². The van der Waals surface area contributed by atoms with Crippen molar-refractivity contribution < 1.29 is 13.2 Å². The molecule has 0 amide bonds. The molecule has 0 bridgehead atoms. The highest BCUT2D eigenvalue weighted by molar-refractivity contribution is 7.90. The summed E-state index contributed by atoms with van der Waals surface area (Å²) < 4.78 is 30.8. The van der Waals surface area contributed by atoms with Crippen LogP contribution < -0.4 is 35.9 Å². The number of methoxy groups -OCH3 is 1. The van der Waals surface area contributed by atoms with E-state index in [1.807, 2.05) is 18.2 Å². The third-order valence-corrected chi connectivity index (χ3v) is 6.29. The number of piperidine rings is 1. The molecule has 13 heteroatoms. The number of aromatic nitrogens is 2. The Kier molecular flexibility index (Phi) is 7.45. The summed E-state index contributed by atoms with van der Waals surface area (Å²) in [5.74, 6) is 1.17. The molecule has 0 radical (unpaired) electrons. The van der Waals surface area contributed by atoms with Gasteiger partial charge in [0.2, 0.25) is 5.95 Å². The number of anilines is 6. The van der Waals surface area contributed by atoms with Crippen LogP contribution in [-0.4, -0.2) is 44.6 Å². The minimum Gasteiger partial charge on any atom is -0.494 e. The Morgan fingerprint density at radius 3 is 2.49 bits per heavy atom. The summed E-state index contributed by atoms with van der Waals surface area (Å²) in [6, 6.07) is 12.7. The van der Waals surface area contributed by atoms with Crippen molar-refractivity contribution in [2.45, 2.75) is 18.9 Å². The van der Waals surface area contributed by atoms with Crippen LogP contribution in [0.1, 0.15) is 12.8 Å². The molecule has 2 aromatic carbocycles. The average molecular weight is 519 g/mol. The summed E-state index contributed by atoms with van der Waals surface area (Å²) in [7, 11) is -2.37. The van der Waals surface area contributed by atoms with E-state index in [1.165, 1.54) is 6.20 Å². The SMILES string of the molecule is COc1cc(N2CCC(N)CC2)ccc1Nc1ncc(Cl)c(Nc2ccccc2NS(N)(=O)=O)n1. The molecular formula is C22H27ClN8O3S. The molecule has 3 aromatic rings. The predicted octanol–water partition coefficient (Wildman–Crippen LogP) is 3.17. The van der Waals surface area contributed by atoms with Crippen LogP contribution in [0.3, 0.4) is 0 Å². The molecule has 186 valence electrons. The monoisotopic (exact) mass is 518 g/mol. The quantitative estimate of drug-likeness (QED) is 0.301. The van der Waals surface area contributed by atoms with Crippen LogP contribution in [0.25, 0.3) is 0 Å². The van der Waals surface area contributed by atoms with E-state index in [-0.39, 0.29) is 28.5 Å². The Labute approximate surface area is 209 Å². The lowest BCUT2D eigenvalue weighted by Crippen LogP contribution is -2.39. The Morgan fingerprint density at radius 1 is 1.09 bits per heavy atom. The van der Waals surface area contributed by atoms with Crippen LogP contribution in [0.2, 0.25) is 5.02 Å². The van der Waals surface area contributed by atoms with Gasteiger partial charge in [-0.2, -0.15) is 13.4 Å². The van der Waals surface area contributed by atoms with Gasteiger partial charge < -0.3 is 26.0 Å². The van der Waals surface area contributed by atoms with Gasteiger partial charge >= 0.3 is 0 Å². The maximum atomic E-state index is 11.5. The zero-order chi connectivity index (χ0) is 25.0. The lowest BCUT2D eigenvalue weighted by molar-refractivity contribution is 0.416. The summed E-state index contributed by atoms with van der Waals surface area (Å²) in [6.07, 6.45) is 3.34. The smallest absolute Gasteiger partial charge is 0.296 e. The molecular weight excluding hydrogens is 492 g/mol. The first-order valence-corrected chi connectivity index (χ1v) is 12.8. The van der Waals surface area contributed by atoms with Gasteiger partial charge in [-0.15, -0.1) is 0 Å². The molecule has 1 aliphatic heterocycles. The van der Waals surface area contributed by atoms with Crippen molar-refractivity contribution >= 4 is 56.3 Å². The number of rotatable bonds is 8. The fraction of sp³-hybridized carbons (Fsp3) is 0.273. The summed E-state index contributed by atoms with van der Waals surface area (Å²) >= 11 is 6.29. The van der Waals surface area contributed by atoms with Crippen molar-refractivity contribution in [1.29, 1.82) is 0 Å². The second-order valence-corrected chi connectivity index (χ2v) is 9.74. The Bertz CT molecular complexity index is 1300. The Balaban J connectivity index is 1.55. The highest BCUT2D eigenvalue weighted by atomic mass is 35.5. The topological polar surface area (TPSA) is 161 Å². The number of benzene rings is 2. The van der Waals surface area contributed by atoms with Crippen molar-refractivity contribution in [1.82, 2.24) is 9.97 Å². The first kappa shape index (κ1) is 24.8. The summed E-state index contributed by atoms with van der Waals surface area (Å²) in [5.41, 5.74) is 8.41. The maximum absolute atomic E-state index is 11.5. The molecule has 0 atom stereocenters. The Hall–Kier alpha value is -3.32. The van der Waals surface area contributed by atoms with Crippen LogP contribution in [0.4, 0.5) is 34.5 Å². The second-order valence-electron chi connectivity index (χ2n) is 8.04. The number of halogens is 1. The van der Waals surface area contributed by atoms with E-state index in [2.05, 4.69) is 30.2 Å². The van der Waals surface area contributed by atoms with Gasteiger partial charge in [-0.1, -0.05) is 23.7 Å². The van der Waals surface area contributed by atoms with Crippen LogP contribution in [0.5, 0.6) is 5.75 Å². The number of hydrogen-bond donors (Lipinski definition) is 5. The van der Waals surface area contributed by atoms with E-state index >= 15 is 0 Å². The first-order chi connectivity index (χ1) is 16.7. The highest BCUT2D eigenvalue weighted by Gasteiger charge is 2.18. The summed E-state index contributed by atoms with van der Waals surface area (Å²) in [5, 5.41) is 11.5. The second kappa shape index (κ2) is 10.5. The molecule has 1 aromatic heterocycles. The number of hydrogen-bond acceptors (Lipinski definition) is 9. The number of nitrogens with one attached hydrogen (secondary N) is 3. The van der Waals surface area contributed by atoms with E-state index in [0.717, 1.165) is 31.6 Å². The van der Waals surface area contributed by atoms with E-state index in [9.17, 15) is 8.42 Å². The molecule has 0 saturated carbocycles. The van der Waals surface area contributed by atoms with Crippen LogP contribution in [0, 0.1) is 0 Å². The molecule has 1 aliphatic rings. The van der Waals surface area contributed by atoms with E-state index in [0.29, 0.717) is 17.1 Å². The van der Waals surface area contributed by atoms with Crippen molar-refractivity contribution in [2.24, 2.45) is 10.9 Å². The molecule has 7 N–H and O–H groups in total. The minimum absolute atomic E-state index is 0.242. The van der Waals surface area contributed by atoms with E-state index < -0.39 is 10.2 Å². The van der Waals surface area contributed by atoms with Crippen LogP contribution in [-0.2, 0) is 10.2 Å². The fourth-order valence-electron chi connectivity index (χ4n) is 3.73. The molecule has 0 spiro atoms. The summed E-state index contributed by atoms with van der Waals surface area (Å²) in [6.45, 7) is 1.79. The normalized spacial score (nSPS) is 14.5. The first-order valence-electron chi connectivity index (χ1n) is 10.9. The number of nitrogens with zero attached hydrogens (tertiary/aromatic N) is 3. The lowest BCUT2D eigenvalue weighted by Gasteiger charge is -2.32. The Morgan fingerprint density at radius 2 is 1.80 bits per heavy atom. The van der Waals surface area contributed by atoms with E-state index in [4.69, 9.17) is 27.2 Å². The third-order valence-electron chi connectivity index (χ3n) is 5.51. The molecule has 0 aliphatic carbocycles. The van der Waals surface area contributed by atoms with Crippen molar-refractivity contribution in [2.75, 3.05) is 40.5 Å². The standard InChI is InChI=1S/C22H27ClN8O3S/c1-34-20-12-15(31-10-8-14(24)9-11-31)6-7-19(20)28-22-26-13-16(23)21(29-22)27-17-4-2-3-5-18(17)30-35(25,32)33/h2-7,12-14,30H,8-11,24H2,1H3,(H2,25,32,33)(H2,26,27,28,29). The fourth-order valence-corrected chi connectivity index (χ4v) is 4.36. The average Bonchev–Trinajstić information content (AvgIpc) is 2.82. The minimum atomic E-state index is -3.96. The van der Waals surface area contributed by atoms with Gasteiger partial charge in [0.25, 0.3) is 10.2 Å². The summed E-state index contributed by atoms with van der Waals surface area (Å²) in [4.78, 5) is 11.0. The van der Waals surface area contributed by atoms with Crippen LogP contribution >= 0.6 is 11.6 Å². The van der Waals surface area contributed by atoms with Gasteiger partial charge in [0.05, 0.1) is 30.4 Å². The highest BCUT2D eigenvalue weighted by Crippen LogP contribution is 2.34. The van der Waals surface area contributed by atoms with Crippen molar-refractivity contribution in [3.63, 3.8) is 0 Å². The lowest BCUT2D eigenvalue weighted by atomic mass is 10.1. The van der Waals surface area contributed by atoms with Gasteiger partial charge in [-0.25, -0.2) is 10.1 Å². The van der Waals surface area contributed by atoms with Gasteiger partial charge in [-0.3, -0.25) is 4.72 Å². The molecule has 2 heterocycles. The van der Waals surface area contributed by atoms with Crippen molar-refractivity contribution in [3.05, 3.63) is 53.7 Å². The maximum Gasteiger partial charge on any atom is 0.296 e. The van der Waals surface area contributed by atoms with Gasteiger partial charge in [-0.05, 0) is 37.1 Å². The predicted molar refractivity (Wildman–Crippen MR) is 139 cm³/mol. The molecule has 1 fully saturated rings. The zero-order valence-electron chi connectivity index (χ0n) is 19.0. The third kappa shape index (κ3) is 6.42. The molecule has 35 heavy (non-hydrogen) atoms. The molecule has 4 rings (SSSR count).